The number of fused-ring (bicyclic) bond motifs is 1. The summed E-state index contributed by atoms with van der Waals surface area (Å²) in [5, 5.41) is 5.24. The van der Waals surface area contributed by atoms with Crippen LogP contribution >= 0.6 is 0 Å². The lowest BCUT2D eigenvalue weighted by atomic mass is 10.0. The third-order valence-electron chi connectivity index (χ3n) is 4.06. The lowest BCUT2D eigenvalue weighted by molar-refractivity contribution is -0.223. The molecule has 1 aromatic heterocycles. The van der Waals surface area contributed by atoms with Gasteiger partial charge in [-0.25, -0.2) is 13.7 Å². The minimum absolute atomic E-state index is 0.00120. The van der Waals surface area contributed by atoms with Crippen LogP contribution in [0.5, 0.6) is 0 Å². The highest BCUT2D eigenvalue weighted by Gasteiger charge is 2.43. The van der Waals surface area contributed by atoms with E-state index in [2.05, 4.69) is 9.94 Å². The first kappa shape index (κ1) is 21.6. The average molecular weight is 441 g/mol. The first-order valence-corrected chi connectivity index (χ1v) is 9.37. The van der Waals surface area contributed by atoms with Gasteiger partial charge in [-0.05, 0) is 22.2 Å². The number of benzene rings is 2. The fourth-order valence-electron chi connectivity index (χ4n) is 2.74. The molecule has 1 heterocycles. The van der Waals surface area contributed by atoms with Gasteiger partial charge in [-0.1, -0.05) is 36.4 Å². The summed E-state index contributed by atoms with van der Waals surface area (Å²) >= 11 is -3.01. The van der Waals surface area contributed by atoms with E-state index in [4.69, 9.17) is 0 Å². The van der Waals surface area contributed by atoms with Gasteiger partial charge in [0.2, 0.25) is 0 Å². The summed E-state index contributed by atoms with van der Waals surface area (Å²) in [5.74, 6) is -2.62. The Bertz CT molecular complexity index is 1200. The summed E-state index contributed by atoms with van der Waals surface area (Å²) in [6.45, 7) is -0.595. The summed E-state index contributed by atoms with van der Waals surface area (Å²) in [4.78, 5) is 27.3. The Labute approximate surface area is 169 Å². The van der Waals surface area contributed by atoms with Gasteiger partial charge in [-0.3, -0.25) is 9.35 Å². The Kier molecular flexibility index (Phi) is 6.01. The Morgan fingerprint density at radius 2 is 1.87 bits per heavy atom. The molecule has 0 amide bonds. The number of carbonyl (C=O) groups excluding carboxylic acids is 1. The normalized spacial score (nSPS) is 12.9. The maximum atomic E-state index is 12.4. The number of carbonyl (C=O) groups is 1. The van der Waals surface area contributed by atoms with Crippen LogP contribution in [0.25, 0.3) is 22.0 Å². The van der Waals surface area contributed by atoms with Gasteiger partial charge < -0.3 is 4.84 Å². The van der Waals surface area contributed by atoms with Crippen molar-refractivity contribution in [3.05, 3.63) is 64.4 Å². The molecule has 0 aliphatic rings. The summed E-state index contributed by atoms with van der Waals surface area (Å²) in [7, 11) is 1.48. The van der Waals surface area contributed by atoms with Gasteiger partial charge in [0.05, 0.1) is 17.6 Å². The number of hydrogen-bond acceptors (Lipinski definition) is 5. The van der Waals surface area contributed by atoms with Gasteiger partial charge in [0, 0.05) is 18.0 Å². The molecule has 3 rings (SSSR count). The largest absolute Gasteiger partial charge is 0.492 e. The molecule has 0 spiro atoms. The minimum atomic E-state index is -5.32. The molecule has 0 fully saturated rings. The number of hydrogen-bond donors (Lipinski definition) is 1. The predicted molar refractivity (Wildman–Crippen MR) is 101 cm³/mol. The van der Waals surface area contributed by atoms with Crippen molar-refractivity contribution in [1.82, 2.24) is 14.2 Å². The van der Waals surface area contributed by atoms with Crippen molar-refractivity contribution in [2.75, 3.05) is 0 Å². The second kappa shape index (κ2) is 8.34. The first-order chi connectivity index (χ1) is 14.1. The van der Waals surface area contributed by atoms with Crippen molar-refractivity contribution in [3.8, 4) is 11.3 Å². The Balaban J connectivity index is 1.98. The fraction of sp³-hybridized carbons (Fsp3) is 0.167. The van der Waals surface area contributed by atoms with Crippen molar-refractivity contribution < 1.29 is 31.6 Å². The van der Waals surface area contributed by atoms with Gasteiger partial charge in [-0.2, -0.15) is 18.3 Å². The molecule has 1 N–H and O–H groups in total. The molecule has 8 nitrogen and oxygen atoms in total. The van der Waals surface area contributed by atoms with Crippen molar-refractivity contribution >= 4 is 28.0 Å². The zero-order valence-electron chi connectivity index (χ0n) is 15.3. The van der Waals surface area contributed by atoms with E-state index in [1.807, 2.05) is 0 Å². The Hall–Kier alpha value is -3.09. The van der Waals surface area contributed by atoms with E-state index in [0.717, 1.165) is 4.68 Å². The standard InChI is InChI=1S/C18H14F3N3O5S/c1-23-16(25)14-8-3-2-7-13(14)15(22-23)12-6-4-5-11(9-12)10-24(30(27)28)29-17(26)18(19,20)21/h2-9H,10H2,1H3,(H,27,28). The third-order valence-corrected chi connectivity index (χ3v) is 4.61. The lowest BCUT2D eigenvalue weighted by Crippen LogP contribution is -2.35. The van der Waals surface area contributed by atoms with E-state index >= 15 is 0 Å². The highest BCUT2D eigenvalue weighted by atomic mass is 32.2. The SMILES string of the molecule is Cn1nc(-c2cccc(CN(OC(=O)C(F)(F)F)S(=O)O)c2)c2ccccc2c1=O. The van der Waals surface area contributed by atoms with Crippen LogP contribution in [0.15, 0.2) is 53.3 Å². The monoisotopic (exact) mass is 441 g/mol. The van der Waals surface area contributed by atoms with Crippen molar-refractivity contribution in [1.29, 1.82) is 0 Å². The zero-order valence-corrected chi connectivity index (χ0v) is 16.1. The van der Waals surface area contributed by atoms with Gasteiger partial charge in [0.25, 0.3) is 16.8 Å². The van der Waals surface area contributed by atoms with Crippen LogP contribution < -0.4 is 5.56 Å². The summed E-state index contributed by atoms with van der Waals surface area (Å²) in [6, 6.07) is 12.9. The number of hydroxylamine groups is 1. The summed E-state index contributed by atoms with van der Waals surface area (Å²) in [5.41, 5.74) is 0.902. The molecule has 30 heavy (non-hydrogen) atoms. The molecular weight excluding hydrogens is 427 g/mol. The number of nitrogens with zero attached hydrogens (tertiary/aromatic N) is 3. The minimum Gasteiger partial charge on any atom is -0.345 e. The van der Waals surface area contributed by atoms with E-state index < -0.39 is 30.0 Å². The van der Waals surface area contributed by atoms with Crippen LogP contribution in [-0.2, 0) is 34.5 Å². The Morgan fingerprint density at radius 3 is 2.50 bits per heavy atom. The number of aryl methyl sites for hydroxylation is 1. The first-order valence-electron chi connectivity index (χ1n) is 8.31. The smallest absolute Gasteiger partial charge is 0.345 e. The molecule has 0 saturated heterocycles. The fourth-order valence-corrected chi connectivity index (χ4v) is 3.13. The van der Waals surface area contributed by atoms with Crippen molar-refractivity contribution in [3.63, 3.8) is 0 Å². The topological polar surface area (TPSA) is 102 Å². The molecule has 0 saturated carbocycles. The maximum Gasteiger partial charge on any atom is 0.492 e. The van der Waals surface area contributed by atoms with Gasteiger partial charge in [0.1, 0.15) is 0 Å². The molecule has 0 aliphatic heterocycles. The zero-order chi connectivity index (χ0) is 22.1. The second-order valence-corrected chi connectivity index (χ2v) is 6.99. The molecule has 1 atom stereocenters. The summed E-state index contributed by atoms with van der Waals surface area (Å²) < 4.78 is 58.9. The molecule has 158 valence electrons. The third kappa shape index (κ3) is 4.56. The number of alkyl halides is 3. The van der Waals surface area contributed by atoms with Crippen molar-refractivity contribution in [2.24, 2.45) is 7.05 Å². The lowest BCUT2D eigenvalue weighted by Gasteiger charge is -2.18. The van der Waals surface area contributed by atoms with Crippen LogP contribution in [0.2, 0.25) is 0 Å². The highest BCUT2D eigenvalue weighted by Crippen LogP contribution is 2.26. The quantitative estimate of drug-likeness (QED) is 0.482. The Morgan fingerprint density at radius 1 is 1.20 bits per heavy atom. The van der Waals surface area contributed by atoms with Crippen LogP contribution in [0.4, 0.5) is 13.2 Å². The molecule has 2 aromatic carbocycles. The molecular formula is C18H14F3N3O5S. The summed E-state index contributed by atoms with van der Waals surface area (Å²) in [6.07, 6.45) is -5.32. The van der Waals surface area contributed by atoms with E-state index in [-0.39, 0.29) is 15.6 Å². The van der Waals surface area contributed by atoms with Gasteiger partial charge in [0.15, 0.2) is 0 Å². The molecule has 0 radical (unpaired) electrons. The van der Waals surface area contributed by atoms with E-state index in [0.29, 0.717) is 22.0 Å². The van der Waals surface area contributed by atoms with Crippen LogP contribution in [0.3, 0.4) is 0 Å². The number of aromatic nitrogens is 2. The van der Waals surface area contributed by atoms with Crippen LogP contribution in [-0.4, -0.2) is 35.2 Å². The predicted octanol–water partition coefficient (Wildman–Crippen LogP) is 2.56. The molecule has 0 bridgehead atoms. The van der Waals surface area contributed by atoms with E-state index in [1.54, 1.807) is 36.4 Å². The average Bonchev–Trinajstić information content (AvgIpc) is 2.69. The van der Waals surface area contributed by atoms with Gasteiger partial charge in [-0.15, -0.1) is 0 Å². The number of rotatable bonds is 5. The molecule has 1 unspecified atom stereocenters. The maximum absolute atomic E-state index is 12.4. The second-order valence-electron chi connectivity index (χ2n) is 6.12. The van der Waals surface area contributed by atoms with Crippen LogP contribution in [0, 0.1) is 0 Å². The van der Waals surface area contributed by atoms with E-state index in [1.165, 1.54) is 19.2 Å². The molecule has 0 aliphatic carbocycles. The molecule has 3 aromatic rings. The van der Waals surface area contributed by atoms with Gasteiger partial charge >= 0.3 is 12.1 Å². The number of halogens is 3. The van der Waals surface area contributed by atoms with Crippen molar-refractivity contribution in [2.45, 2.75) is 12.7 Å². The highest BCUT2D eigenvalue weighted by molar-refractivity contribution is 7.76. The van der Waals surface area contributed by atoms with Crippen LogP contribution in [0.1, 0.15) is 5.56 Å². The van der Waals surface area contributed by atoms with E-state index in [9.17, 15) is 31.5 Å². The molecule has 12 heteroatoms.